The minimum atomic E-state index is -0.621. The number of aromatic nitrogens is 3. The van der Waals surface area contributed by atoms with Gasteiger partial charge in [0.15, 0.2) is 0 Å². The second kappa shape index (κ2) is 6.02. The van der Waals surface area contributed by atoms with E-state index in [4.69, 9.17) is 16.3 Å². The summed E-state index contributed by atoms with van der Waals surface area (Å²) in [5.41, 5.74) is 0.0203. The molecule has 0 atom stereocenters. The van der Waals surface area contributed by atoms with Crippen molar-refractivity contribution in [3.05, 3.63) is 68.5 Å². The lowest BCUT2D eigenvalue weighted by Gasteiger charge is -2.05. The van der Waals surface area contributed by atoms with Crippen molar-refractivity contribution in [1.29, 1.82) is 0 Å². The number of hydrogen-bond donors (Lipinski definition) is 0. The van der Waals surface area contributed by atoms with Gasteiger partial charge < -0.3 is 4.74 Å². The fraction of sp³-hybridized carbons (Fsp3) is 0.118. The average Bonchev–Trinajstić information content (AvgIpc) is 2.94. The summed E-state index contributed by atoms with van der Waals surface area (Å²) < 4.78 is 8.78. The van der Waals surface area contributed by atoms with Crippen LogP contribution in [0.25, 0.3) is 20.9 Å². The topological polar surface area (TPSA) is 65.6 Å². The number of hydrogen-bond acceptors (Lipinski definition) is 5. The summed E-state index contributed by atoms with van der Waals surface area (Å²) in [5, 5.41) is 0.523. The molecule has 0 spiro atoms. The molecule has 0 aliphatic rings. The van der Waals surface area contributed by atoms with Gasteiger partial charge in [-0.05, 0) is 49.4 Å². The summed E-state index contributed by atoms with van der Waals surface area (Å²) in [6, 6.07) is 11.9. The molecule has 2 aromatic carbocycles. The van der Waals surface area contributed by atoms with E-state index >= 15 is 0 Å². The largest absolute Gasteiger partial charge is 0.494 e. The molecule has 2 heterocycles. The first-order chi connectivity index (χ1) is 12.1. The highest BCUT2D eigenvalue weighted by molar-refractivity contribution is 7.23. The molecule has 0 aliphatic heterocycles. The van der Waals surface area contributed by atoms with Crippen LogP contribution in [0.2, 0.25) is 5.02 Å². The first kappa shape index (κ1) is 15.9. The monoisotopic (exact) mass is 373 g/mol. The van der Waals surface area contributed by atoms with E-state index in [-0.39, 0.29) is 0 Å². The van der Waals surface area contributed by atoms with Gasteiger partial charge in [0.05, 0.1) is 22.5 Å². The van der Waals surface area contributed by atoms with E-state index in [0.29, 0.717) is 33.5 Å². The van der Waals surface area contributed by atoms with E-state index in [0.717, 1.165) is 9.27 Å². The molecule has 0 bridgehead atoms. The van der Waals surface area contributed by atoms with Crippen molar-refractivity contribution < 1.29 is 4.74 Å². The van der Waals surface area contributed by atoms with Gasteiger partial charge in [-0.2, -0.15) is 4.98 Å². The van der Waals surface area contributed by atoms with Crippen LogP contribution in [-0.2, 0) is 0 Å². The van der Waals surface area contributed by atoms with Crippen molar-refractivity contribution in [2.75, 3.05) is 6.61 Å². The van der Waals surface area contributed by atoms with Crippen LogP contribution in [0.4, 0.5) is 0 Å². The van der Waals surface area contributed by atoms with Gasteiger partial charge in [0.2, 0.25) is 4.96 Å². The van der Waals surface area contributed by atoms with Crippen LogP contribution in [-0.4, -0.2) is 20.6 Å². The lowest BCUT2D eigenvalue weighted by atomic mass is 10.3. The van der Waals surface area contributed by atoms with Crippen LogP contribution in [0.3, 0.4) is 0 Å². The van der Waals surface area contributed by atoms with Crippen molar-refractivity contribution in [2.24, 2.45) is 0 Å². The van der Waals surface area contributed by atoms with Gasteiger partial charge >= 0.3 is 11.4 Å². The SMILES string of the molecule is CCOc1ccc2c(c1)sc1nc(=O)n(-c3ccc(Cl)cc3)c(=O)n12. The third-order valence-corrected chi connectivity index (χ3v) is 4.98. The number of nitrogens with zero attached hydrogens (tertiary/aromatic N) is 3. The molecule has 0 unspecified atom stereocenters. The highest BCUT2D eigenvalue weighted by Crippen LogP contribution is 2.27. The molecule has 2 aromatic heterocycles. The first-order valence-corrected chi connectivity index (χ1v) is 8.75. The van der Waals surface area contributed by atoms with Crippen molar-refractivity contribution in [3.8, 4) is 11.4 Å². The molecular formula is C17H12ClN3O3S. The van der Waals surface area contributed by atoms with E-state index in [9.17, 15) is 9.59 Å². The highest BCUT2D eigenvalue weighted by Gasteiger charge is 2.15. The second-order valence-electron chi connectivity index (χ2n) is 5.27. The zero-order valence-electron chi connectivity index (χ0n) is 13.1. The van der Waals surface area contributed by atoms with Crippen molar-refractivity contribution in [3.63, 3.8) is 0 Å². The van der Waals surface area contributed by atoms with Gasteiger partial charge in [0.25, 0.3) is 0 Å². The molecule has 0 aliphatic carbocycles. The van der Waals surface area contributed by atoms with Gasteiger partial charge in [-0.3, -0.25) is 0 Å². The molecule has 126 valence electrons. The quantitative estimate of drug-likeness (QED) is 0.553. The van der Waals surface area contributed by atoms with Crippen molar-refractivity contribution in [2.45, 2.75) is 6.92 Å². The summed E-state index contributed by atoms with van der Waals surface area (Å²) in [6.45, 7) is 2.45. The van der Waals surface area contributed by atoms with E-state index < -0.39 is 11.4 Å². The average molecular weight is 374 g/mol. The van der Waals surface area contributed by atoms with Crippen LogP contribution in [0, 0.1) is 0 Å². The maximum absolute atomic E-state index is 12.9. The molecule has 0 N–H and O–H groups in total. The Morgan fingerprint density at radius 2 is 1.92 bits per heavy atom. The summed E-state index contributed by atoms with van der Waals surface area (Å²) >= 11 is 7.15. The van der Waals surface area contributed by atoms with Crippen LogP contribution in [0.5, 0.6) is 5.75 Å². The molecule has 0 amide bonds. The third-order valence-electron chi connectivity index (χ3n) is 3.73. The summed E-state index contributed by atoms with van der Waals surface area (Å²) in [5.74, 6) is 0.711. The predicted octanol–water partition coefficient (Wildman–Crippen LogP) is 3.11. The van der Waals surface area contributed by atoms with Gasteiger partial charge in [-0.15, -0.1) is 0 Å². The molecule has 4 aromatic rings. The first-order valence-electron chi connectivity index (χ1n) is 7.55. The Bertz CT molecular complexity index is 1210. The third kappa shape index (κ3) is 2.61. The normalized spacial score (nSPS) is 11.3. The fourth-order valence-electron chi connectivity index (χ4n) is 2.65. The number of halogens is 1. The summed E-state index contributed by atoms with van der Waals surface area (Å²) in [4.78, 5) is 29.7. The van der Waals surface area contributed by atoms with Crippen LogP contribution >= 0.6 is 22.9 Å². The van der Waals surface area contributed by atoms with E-state index in [2.05, 4.69) is 4.98 Å². The van der Waals surface area contributed by atoms with Crippen molar-refractivity contribution >= 4 is 38.1 Å². The maximum atomic E-state index is 12.9. The number of ether oxygens (including phenoxy) is 1. The molecule has 0 saturated heterocycles. The van der Waals surface area contributed by atoms with Crippen molar-refractivity contribution in [1.82, 2.24) is 14.0 Å². The molecule has 0 radical (unpaired) electrons. The van der Waals surface area contributed by atoms with E-state index in [1.165, 1.54) is 15.7 Å². The highest BCUT2D eigenvalue weighted by atomic mass is 35.5. The van der Waals surface area contributed by atoms with Gasteiger partial charge in [-0.25, -0.2) is 18.6 Å². The van der Waals surface area contributed by atoms with Crippen LogP contribution < -0.4 is 16.1 Å². The molecule has 4 rings (SSSR count). The lowest BCUT2D eigenvalue weighted by molar-refractivity contribution is 0.341. The summed E-state index contributed by atoms with van der Waals surface area (Å²) in [7, 11) is 0. The Hall–Kier alpha value is -2.64. The van der Waals surface area contributed by atoms with E-state index in [1.807, 2.05) is 13.0 Å². The number of thiazole rings is 1. The maximum Gasteiger partial charge on any atom is 0.359 e. The van der Waals surface area contributed by atoms with Gasteiger partial charge in [0, 0.05) is 5.02 Å². The predicted molar refractivity (Wildman–Crippen MR) is 98.6 cm³/mol. The molecular weight excluding hydrogens is 362 g/mol. The fourth-order valence-corrected chi connectivity index (χ4v) is 3.80. The molecule has 0 fully saturated rings. The van der Waals surface area contributed by atoms with Crippen LogP contribution in [0.15, 0.2) is 52.1 Å². The molecule has 0 saturated carbocycles. The van der Waals surface area contributed by atoms with Crippen LogP contribution in [0.1, 0.15) is 6.92 Å². The van der Waals surface area contributed by atoms with E-state index in [1.54, 1.807) is 36.4 Å². The Balaban J connectivity index is 2.03. The minimum absolute atomic E-state index is 0.351. The minimum Gasteiger partial charge on any atom is -0.494 e. The number of benzene rings is 2. The molecule has 6 nitrogen and oxygen atoms in total. The smallest absolute Gasteiger partial charge is 0.359 e. The molecule has 25 heavy (non-hydrogen) atoms. The zero-order chi connectivity index (χ0) is 17.6. The Morgan fingerprint density at radius 1 is 1.16 bits per heavy atom. The summed E-state index contributed by atoms with van der Waals surface area (Å²) in [6.07, 6.45) is 0. The lowest BCUT2D eigenvalue weighted by Crippen LogP contribution is -2.37. The van der Waals surface area contributed by atoms with Gasteiger partial charge in [0.1, 0.15) is 5.75 Å². The molecule has 8 heteroatoms. The Labute approximate surface area is 150 Å². The number of fused-ring (bicyclic) bond motifs is 3. The standard InChI is InChI=1S/C17H12ClN3O3S/c1-2-24-12-7-8-13-14(9-12)25-16-19-15(22)20(17(23)21(13)16)11-5-3-10(18)4-6-11/h3-9H,2H2,1H3. The second-order valence-corrected chi connectivity index (χ2v) is 6.72. The van der Waals surface area contributed by atoms with Gasteiger partial charge in [-0.1, -0.05) is 22.9 Å². The zero-order valence-corrected chi connectivity index (χ0v) is 14.7. The Kier molecular flexibility index (Phi) is 3.82. The Morgan fingerprint density at radius 3 is 2.64 bits per heavy atom. The number of rotatable bonds is 3.